The molecule has 2 aromatic rings. The van der Waals surface area contributed by atoms with E-state index >= 15 is 0 Å². The molecule has 0 aromatic carbocycles. The van der Waals surface area contributed by atoms with Crippen LogP contribution in [0.5, 0.6) is 0 Å². The van der Waals surface area contributed by atoms with Crippen molar-refractivity contribution in [3.05, 3.63) is 17.0 Å². The Bertz CT molecular complexity index is 641. The maximum atomic E-state index is 5.73. The van der Waals surface area contributed by atoms with E-state index < -0.39 is 0 Å². The van der Waals surface area contributed by atoms with Gasteiger partial charge in [0.25, 0.3) is 0 Å². The molecule has 2 aromatic heterocycles. The summed E-state index contributed by atoms with van der Waals surface area (Å²) in [6, 6.07) is 0. The second-order valence-electron chi connectivity index (χ2n) is 6.53. The third-order valence-corrected chi connectivity index (χ3v) is 5.94. The van der Waals surface area contributed by atoms with Crippen molar-refractivity contribution >= 4 is 21.7 Å². The van der Waals surface area contributed by atoms with Gasteiger partial charge < -0.3 is 5.73 Å². The van der Waals surface area contributed by atoms with Crippen molar-refractivity contribution < 1.29 is 0 Å². The summed E-state index contributed by atoms with van der Waals surface area (Å²) < 4.78 is 0. The van der Waals surface area contributed by atoms with Crippen LogP contribution in [0.15, 0.2) is 5.51 Å². The topological polar surface area (TPSA) is 64.7 Å². The molecule has 0 spiro atoms. The van der Waals surface area contributed by atoms with E-state index in [9.17, 15) is 0 Å². The molecule has 2 bridgehead atoms. The average Bonchev–Trinajstić information content (AvgIpc) is 2.72. The second-order valence-corrected chi connectivity index (χ2v) is 7.36. The number of hydrogen-bond acceptors (Lipinski definition) is 5. The lowest BCUT2D eigenvalue weighted by molar-refractivity contribution is -0.174. The van der Waals surface area contributed by atoms with Gasteiger partial charge in [-0.15, -0.1) is 11.3 Å². The number of nitrogens with zero attached hydrogens (tertiary/aromatic N) is 3. The smallest absolute Gasteiger partial charge is 0.147 e. The van der Waals surface area contributed by atoms with Crippen LogP contribution in [0.2, 0.25) is 0 Å². The molecule has 4 nitrogen and oxygen atoms in total. The molecule has 0 atom stereocenters. The van der Waals surface area contributed by atoms with Gasteiger partial charge in [-0.05, 0) is 30.6 Å². The first-order valence-corrected chi connectivity index (χ1v) is 7.77. The molecule has 0 radical (unpaired) electrons. The van der Waals surface area contributed by atoms with Crippen LogP contribution in [0.4, 0.5) is 0 Å². The van der Waals surface area contributed by atoms with E-state index in [-0.39, 0.29) is 5.41 Å². The van der Waals surface area contributed by atoms with Crippen molar-refractivity contribution in [2.45, 2.75) is 45.1 Å². The maximum Gasteiger partial charge on any atom is 0.147 e. The molecule has 0 saturated heterocycles. The highest BCUT2D eigenvalue weighted by molar-refractivity contribution is 7.16. The quantitative estimate of drug-likeness (QED) is 0.934. The first kappa shape index (κ1) is 11.7. The van der Waals surface area contributed by atoms with Gasteiger partial charge in [0.15, 0.2) is 0 Å². The fourth-order valence-corrected chi connectivity index (χ4v) is 4.67. The van der Waals surface area contributed by atoms with Gasteiger partial charge in [0.2, 0.25) is 0 Å². The van der Waals surface area contributed by atoms with Gasteiger partial charge in [-0.1, -0.05) is 13.8 Å². The number of nitrogens with two attached hydrogens (primary N) is 1. The van der Waals surface area contributed by atoms with Gasteiger partial charge in [0.05, 0.1) is 17.7 Å². The van der Waals surface area contributed by atoms with E-state index in [1.807, 2.05) is 5.51 Å². The maximum absolute atomic E-state index is 5.73. The number of thiazole rings is 1. The van der Waals surface area contributed by atoms with Gasteiger partial charge in [0, 0.05) is 5.41 Å². The van der Waals surface area contributed by atoms with Crippen molar-refractivity contribution in [3.8, 4) is 0 Å². The number of rotatable bonds is 3. The minimum atomic E-state index is 0.281. The number of hydrogen-bond donors (Lipinski definition) is 1. The molecule has 3 fully saturated rings. The summed E-state index contributed by atoms with van der Waals surface area (Å²) in [6.07, 6.45) is 3.81. The van der Waals surface area contributed by atoms with Crippen molar-refractivity contribution in [3.63, 3.8) is 0 Å². The number of fused-ring (bicyclic) bond motifs is 1. The molecule has 3 aliphatic carbocycles. The SMILES string of the molecule is CC(C)C12CC(c3nc(CN)nc4scnc34)(C1)C2. The highest BCUT2D eigenvalue weighted by atomic mass is 32.1. The van der Waals surface area contributed by atoms with Crippen molar-refractivity contribution in [2.24, 2.45) is 17.1 Å². The zero-order chi connectivity index (χ0) is 13.3. The largest absolute Gasteiger partial charge is 0.324 e. The Kier molecular flexibility index (Phi) is 2.17. The third-order valence-electron chi connectivity index (χ3n) is 5.23. The minimum Gasteiger partial charge on any atom is -0.324 e. The average molecular weight is 274 g/mol. The molecule has 5 rings (SSSR count). The Labute approximate surface area is 116 Å². The van der Waals surface area contributed by atoms with Crippen LogP contribution in [-0.4, -0.2) is 15.0 Å². The Morgan fingerprint density at radius 3 is 2.68 bits per heavy atom. The fraction of sp³-hybridized carbons (Fsp3) is 0.643. The molecule has 3 aliphatic rings. The predicted octanol–water partition coefficient (Wildman–Crippen LogP) is 2.62. The van der Waals surface area contributed by atoms with Gasteiger partial charge in [-0.3, -0.25) is 0 Å². The van der Waals surface area contributed by atoms with E-state index in [1.54, 1.807) is 11.3 Å². The van der Waals surface area contributed by atoms with Crippen LogP contribution < -0.4 is 5.73 Å². The van der Waals surface area contributed by atoms with Gasteiger partial charge in [0.1, 0.15) is 16.2 Å². The summed E-state index contributed by atoms with van der Waals surface area (Å²) in [4.78, 5) is 14.7. The fourth-order valence-electron chi connectivity index (χ4n) is 4.00. The van der Waals surface area contributed by atoms with Crippen LogP contribution >= 0.6 is 11.3 Å². The third kappa shape index (κ3) is 1.35. The Balaban J connectivity index is 1.79. The second kappa shape index (κ2) is 3.52. The Hall–Kier alpha value is -1.07. The first-order valence-electron chi connectivity index (χ1n) is 6.89. The summed E-state index contributed by atoms with van der Waals surface area (Å²) in [5.74, 6) is 1.53. The van der Waals surface area contributed by atoms with E-state index in [1.165, 1.54) is 25.0 Å². The zero-order valence-electron chi connectivity index (χ0n) is 11.3. The summed E-state index contributed by atoms with van der Waals surface area (Å²) >= 11 is 1.59. The summed E-state index contributed by atoms with van der Waals surface area (Å²) in [5.41, 5.74) is 10.6. The molecular weight excluding hydrogens is 256 g/mol. The lowest BCUT2D eigenvalue weighted by Gasteiger charge is -2.72. The highest BCUT2D eigenvalue weighted by Crippen LogP contribution is 2.76. The molecule has 19 heavy (non-hydrogen) atoms. The standard InChI is InChI=1S/C14H18N4S/c1-8(2)13-4-14(5-13,6-13)11-10-12(19-7-16-10)18-9(3-15)17-11/h7-8H,3-6,15H2,1-2H3. The van der Waals surface area contributed by atoms with E-state index in [0.29, 0.717) is 12.0 Å². The van der Waals surface area contributed by atoms with Crippen LogP contribution in [0.3, 0.4) is 0 Å². The minimum absolute atomic E-state index is 0.281. The molecule has 2 heterocycles. The van der Waals surface area contributed by atoms with Crippen LogP contribution in [-0.2, 0) is 12.0 Å². The van der Waals surface area contributed by atoms with Crippen LogP contribution in [0, 0.1) is 11.3 Å². The molecule has 100 valence electrons. The highest BCUT2D eigenvalue weighted by Gasteiger charge is 2.70. The summed E-state index contributed by atoms with van der Waals surface area (Å²) in [5, 5.41) is 0. The predicted molar refractivity (Wildman–Crippen MR) is 75.9 cm³/mol. The Morgan fingerprint density at radius 1 is 1.32 bits per heavy atom. The molecule has 2 N–H and O–H groups in total. The van der Waals surface area contributed by atoms with Crippen LogP contribution in [0.25, 0.3) is 10.3 Å². The summed E-state index contributed by atoms with van der Waals surface area (Å²) in [7, 11) is 0. The van der Waals surface area contributed by atoms with Crippen molar-refractivity contribution in [1.82, 2.24) is 15.0 Å². The van der Waals surface area contributed by atoms with Crippen molar-refractivity contribution in [2.75, 3.05) is 0 Å². The monoisotopic (exact) mass is 274 g/mol. The van der Waals surface area contributed by atoms with Crippen molar-refractivity contribution in [1.29, 1.82) is 0 Å². The molecular formula is C14H18N4S. The first-order chi connectivity index (χ1) is 9.08. The molecule has 0 unspecified atom stereocenters. The zero-order valence-corrected chi connectivity index (χ0v) is 12.1. The molecule has 3 saturated carbocycles. The molecule has 0 aliphatic heterocycles. The normalized spacial score (nSPS) is 32.4. The van der Waals surface area contributed by atoms with Gasteiger partial charge in [-0.2, -0.15) is 0 Å². The molecule has 0 amide bonds. The molecule has 5 heteroatoms. The Morgan fingerprint density at radius 2 is 2.05 bits per heavy atom. The van der Waals surface area contributed by atoms with E-state index in [4.69, 9.17) is 10.7 Å². The lowest BCUT2D eigenvalue weighted by Crippen LogP contribution is -2.67. The lowest BCUT2D eigenvalue weighted by atomic mass is 9.31. The van der Waals surface area contributed by atoms with Gasteiger partial charge >= 0.3 is 0 Å². The van der Waals surface area contributed by atoms with E-state index in [0.717, 1.165) is 22.1 Å². The van der Waals surface area contributed by atoms with Gasteiger partial charge in [-0.25, -0.2) is 15.0 Å². The van der Waals surface area contributed by atoms with Crippen LogP contribution in [0.1, 0.15) is 44.6 Å². The summed E-state index contributed by atoms with van der Waals surface area (Å²) in [6.45, 7) is 5.09. The number of aromatic nitrogens is 3. The van der Waals surface area contributed by atoms with E-state index in [2.05, 4.69) is 23.8 Å².